The van der Waals surface area contributed by atoms with E-state index in [4.69, 9.17) is 24.1 Å². The molecule has 0 amide bonds. The molecular weight excluding hydrogens is 1270 g/mol. The van der Waals surface area contributed by atoms with Crippen LogP contribution in [0.25, 0.3) is 0 Å². The van der Waals surface area contributed by atoms with E-state index in [0.717, 1.165) is 45.9 Å². The largest absolute Gasteiger partial charge is 0.748 e. The Kier molecular flexibility index (Phi) is 28.0. The summed E-state index contributed by atoms with van der Waals surface area (Å²) in [5, 5.41) is 9.01. The summed E-state index contributed by atoms with van der Waals surface area (Å²) in [5.41, 5.74) is -0.366. The molecule has 1 aromatic heterocycles. The van der Waals surface area contributed by atoms with Crippen LogP contribution in [0.1, 0.15) is 166 Å². The summed E-state index contributed by atoms with van der Waals surface area (Å²) in [6.07, 6.45) is -2.71. The first-order valence-corrected chi connectivity index (χ1v) is 34.1. The van der Waals surface area contributed by atoms with Crippen LogP contribution < -0.4 is 0 Å². The fourth-order valence-corrected chi connectivity index (χ4v) is 12.3. The van der Waals surface area contributed by atoms with Crippen molar-refractivity contribution in [3.8, 4) is 5.75 Å². The molecule has 5 aromatic rings. The number of carbonyl (C=O) groups excluding carboxylic acids is 5. The minimum Gasteiger partial charge on any atom is -0.748 e. The van der Waals surface area contributed by atoms with E-state index in [0.29, 0.717) is 18.1 Å². The number of fused-ring (bicyclic) bond motifs is 1. The molecule has 8 rings (SSSR count). The highest BCUT2D eigenvalue weighted by Gasteiger charge is 2.70. The Bertz CT molecular complexity index is 3290. The number of aromatic nitrogens is 1. The first-order chi connectivity index (χ1) is 43.5. The summed E-state index contributed by atoms with van der Waals surface area (Å²) < 4.78 is 137. The van der Waals surface area contributed by atoms with E-state index >= 15 is 0 Å². The molecule has 4 aromatic carbocycles. The van der Waals surface area contributed by atoms with E-state index in [2.05, 4.69) is 23.6 Å². The molecule has 1 N–H and O–H groups in total. The Morgan fingerprint density at radius 1 is 0.638 bits per heavy atom. The lowest BCUT2D eigenvalue weighted by atomic mass is 9.78. The Balaban J connectivity index is 0.000000264. The second-order valence-electron chi connectivity index (χ2n) is 26.5. The fourth-order valence-electron chi connectivity index (χ4n) is 9.59. The van der Waals surface area contributed by atoms with Gasteiger partial charge in [0, 0.05) is 24.2 Å². The van der Waals surface area contributed by atoms with Crippen molar-refractivity contribution in [2.45, 2.75) is 206 Å². The minimum absolute atomic E-state index is 0.0955. The van der Waals surface area contributed by atoms with Gasteiger partial charge in [-0.2, -0.15) is 13.2 Å². The maximum absolute atomic E-state index is 13.2. The molecule has 518 valence electrons. The first kappa shape index (κ1) is 79.5. The SMILES string of the molecule is CCC(C)(C)C(=O)OC(C)(C)c1ccncc1.CCC(C)(C)C(=O)OC1C2CC3C1OC(=O)C3C2C(=O)OC(CS(=O)(=O)[O-])C(F)(F)F.CCC(C)(C)OC(=O)C(C)(C)CC.CCC(C)c1ccc(O)cc1.Fc1ccc([S+](c2ccc(F)cc2)c2ccc(F)cc2)cc1. The number of aromatic hydroxyl groups is 1. The maximum atomic E-state index is 13.2. The van der Waals surface area contributed by atoms with Crippen LogP contribution in [-0.2, 0) is 74.3 Å². The van der Waals surface area contributed by atoms with Crippen LogP contribution in [0.5, 0.6) is 5.75 Å². The van der Waals surface area contributed by atoms with Crippen molar-refractivity contribution in [2.24, 2.45) is 39.9 Å². The average Bonchev–Trinajstić information content (AvgIpc) is 1.55. The van der Waals surface area contributed by atoms with Crippen molar-refractivity contribution in [3.05, 3.63) is 150 Å². The zero-order valence-corrected chi connectivity index (χ0v) is 58.0. The number of hydrogen-bond acceptors (Lipinski definition) is 15. The van der Waals surface area contributed by atoms with Gasteiger partial charge in [-0.25, -0.2) is 21.6 Å². The summed E-state index contributed by atoms with van der Waals surface area (Å²) in [4.78, 5) is 67.7. The van der Waals surface area contributed by atoms with Gasteiger partial charge in [-0.3, -0.25) is 29.0 Å². The lowest BCUT2D eigenvalue weighted by molar-refractivity contribution is -0.220. The van der Waals surface area contributed by atoms with Gasteiger partial charge < -0.3 is 33.3 Å². The molecule has 3 aliphatic rings. The molecule has 8 unspecified atom stereocenters. The molecule has 0 spiro atoms. The number of phenolic OH excluding ortho intramolecular Hbond substituents is 1. The van der Waals surface area contributed by atoms with E-state index in [1.807, 2.05) is 100 Å². The molecule has 2 heterocycles. The van der Waals surface area contributed by atoms with Crippen molar-refractivity contribution in [1.29, 1.82) is 0 Å². The van der Waals surface area contributed by atoms with Crippen molar-refractivity contribution >= 4 is 50.9 Å². The molecule has 2 aliphatic carbocycles. The van der Waals surface area contributed by atoms with Crippen LogP contribution in [0.2, 0.25) is 0 Å². The van der Waals surface area contributed by atoms with Crippen LogP contribution in [-0.4, -0.2) is 88.7 Å². The highest BCUT2D eigenvalue weighted by molar-refractivity contribution is 7.97. The number of nitrogens with zero attached hydrogens (tertiary/aromatic N) is 1. The van der Waals surface area contributed by atoms with Gasteiger partial charge in [0.25, 0.3) is 0 Å². The Morgan fingerprint density at radius 2 is 1.06 bits per heavy atom. The standard InChI is InChI=1S/C18H23F3O9S.C18H12F3S.C14H21NO2.C11H22O2.C10H14O/c1-4-17(2,3)16(24)30-13-8-5-7-11(15(23)29-12(7)13)10(8)14(22)28-9(18(19,20)21)6-31(25,26)27;19-13-1-7-16(8-2-13)22(17-9-3-14(20)4-10-17)18-11-5-15(21)6-12-18;1-6-13(2,3)12(16)17-14(4,5)11-7-9-15-10-8-11;1-7-10(3,4)9(12)13-11(5,6)8-2;1-3-8(2)9-4-6-10(11)7-5-9/h7-13H,4-6H2,1-3H3,(H,25,26,27);1-12H;7-10H,6H2,1-5H3;7-8H2,1-6H3;4-8,11H,3H2,1-2H3/q;+1;;;/p-1. The van der Waals surface area contributed by atoms with Crippen molar-refractivity contribution in [2.75, 3.05) is 5.75 Å². The second kappa shape index (κ2) is 33.1. The number of pyridine rings is 1. The average molecular weight is 1360 g/mol. The van der Waals surface area contributed by atoms with Gasteiger partial charge in [-0.1, -0.05) is 53.7 Å². The normalized spacial score (nSPS) is 19.0. The molecular formula is C71H91F6NO14S2. The monoisotopic (exact) mass is 1360 g/mol. The number of benzene rings is 4. The van der Waals surface area contributed by atoms with Crippen LogP contribution in [0.15, 0.2) is 136 Å². The number of halogens is 6. The summed E-state index contributed by atoms with van der Waals surface area (Å²) >= 11 is 0. The van der Waals surface area contributed by atoms with Crippen molar-refractivity contribution < 1.29 is 92.1 Å². The minimum atomic E-state index is -5.36. The second-order valence-corrected chi connectivity index (χ2v) is 30.0. The molecule has 2 bridgehead atoms. The molecule has 1 saturated heterocycles. The zero-order valence-electron chi connectivity index (χ0n) is 56.4. The smallest absolute Gasteiger partial charge is 0.426 e. The number of esters is 5. The van der Waals surface area contributed by atoms with Gasteiger partial charge in [0.1, 0.15) is 46.6 Å². The Labute approximate surface area is 552 Å². The number of rotatable bonds is 20. The first-order valence-electron chi connectivity index (χ1n) is 31.3. The van der Waals surface area contributed by atoms with E-state index in [9.17, 15) is 63.3 Å². The van der Waals surface area contributed by atoms with Crippen molar-refractivity contribution in [1.82, 2.24) is 4.98 Å². The number of ether oxygens (including phenoxy) is 5. The summed E-state index contributed by atoms with van der Waals surface area (Å²) in [7, 11) is -5.90. The van der Waals surface area contributed by atoms with E-state index < -0.39 is 109 Å². The molecule has 94 heavy (non-hydrogen) atoms. The van der Waals surface area contributed by atoms with Crippen LogP contribution in [0, 0.1) is 57.4 Å². The summed E-state index contributed by atoms with van der Waals surface area (Å²) in [6.45, 7) is 30.7. The lowest BCUT2D eigenvalue weighted by Crippen LogP contribution is -2.47. The quantitative estimate of drug-likeness (QED) is 0.0252. The predicted octanol–water partition coefficient (Wildman–Crippen LogP) is 15.7. The lowest BCUT2D eigenvalue weighted by Gasteiger charge is -2.33. The molecule has 8 atom stereocenters. The van der Waals surface area contributed by atoms with E-state index in [1.165, 1.54) is 42.0 Å². The topological polar surface area (TPSA) is 222 Å². The third-order valence-electron chi connectivity index (χ3n) is 17.5. The van der Waals surface area contributed by atoms with Gasteiger partial charge in [0.2, 0.25) is 6.10 Å². The highest BCUT2D eigenvalue weighted by Crippen LogP contribution is 2.59. The fraction of sp³-hybridized carbons (Fsp3) is 0.521. The maximum Gasteiger partial charge on any atom is 0.426 e. The van der Waals surface area contributed by atoms with Gasteiger partial charge in [-0.05, 0) is 222 Å². The number of carbonyl (C=O) groups is 5. The number of phenols is 1. The molecule has 15 nitrogen and oxygen atoms in total. The van der Waals surface area contributed by atoms with E-state index in [-0.39, 0.29) is 46.8 Å². The molecule has 2 saturated carbocycles. The van der Waals surface area contributed by atoms with E-state index in [1.54, 1.807) is 81.7 Å². The Morgan fingerprint density at radius 3 is 1.46 bits per heavy atom. The van der Waals surface area contributed by atoms with Crippen molar-refractivity contribution in [3.63, 3.8) is 0 Å². The van der Waals surface area contributed by atoms with Crippen LogP contribution in [0.4, 0.5) is 26.3 Å². The Hall–Kier alpha value is -6.98. The third-order valence-corrected chi connectivity index (χ3v) is 20.5. The zero-order chi connectivity index (χ0) is 71.1. The van der Waals surface area contributed by atoms with Gasteiger partial charge in [-0.15, -0.1) is 0 Å². The summed E-state index contributed by atoms with van der Waals surface area (Å²) in [5.74, 6) is -8.98. The third kappa shape index (κ3) is 22.3. The highest BCUT2D eigenvalue weighted by atomic mass is 32.2. The van der Waals surface area contributed by atoms with Crippen LogP contribution in [0.3, 0.4) is 0 Å². The molecule has 23 heteroatoms. The number of hydrogen-bond donors (Lipinski definition) is 1. The molecule has 1 aliphatic heterocycles. The van der Waals surface area contributed by atoms with Gasteiger partial charge >= 0.3 is 36.0 Å². The number of alkyl halides is 3. The summed E-state index contributed by atoms with van der Waals surface area (Å²) in [6, 6.07) is 29.7. The predicted molar refractivity (Wildman–Crippen MR) is 343 cm³/mol. The van der Waals surface area contributed by atoms with Gasteiger partial charge in [0.15, 0.2) is 14.7 Å². The van der Waals surface area contributed by atoms with Gasteiger partial charge in [0.05, 0.1) is 54.8 Å². The van der Waals surface area contributed by atoms with Crippen LogP contribution >= 0.6 is 0 Å². The molecule has 0 radical (unpaired) electrons. The molecule has 3 fully saturated rings.